The van der Waals surface area contributed by atoms with Gasteiger partial charge in [0.2, 0.25) is 5.91 Å². The number of sulfone groups is 1. The highest BCUT2D eigenvalue weighted by atomic mass is 32.2. The summed E-state index contributed by atoms with van der Waals surface area (Å²) in [4.78, 5) is 22.3. The molecule has 1 aromatic rings. The second-order valence-electron chi connectivity index (χ2n) is 4.50. The number of halogens is 2. The van der Waals surface area contributed by atoms with Gasteiger partial charge in [-0.2, -0.15) is 0 Å². The SMILES string of the molecule is CC(C(=O)N(C)C)S(=O)(=O)c1cc(C(=O)O)cc(F)c1F. The Bertz CT molecular complexity index is 700. The molecule has 0 heterocycles. The van der Waals surface area contributed by atoms with Gasteiger partial charge in [0.25, 0.3) is 0 Å². The van der Waals surface area contributed by atoms with Gasteiger partial charge < -0.3 is 10.0 Å². The molecule has 1 aromatic carbocycles. The van der Waals surface area contributed by atoms with Crippen LogP contribution in [0.3, 0.4) is 0 Å². The average Bonchev–Trinajstić information content (AvgIpc) is 2.39. The Balaban J connectivity index is 3.51. The van der Waals surface area contributed by atoms with E-state index in [2.05, 4.69) is 0 Å². The smallest absolute Gasteiger partial charge is 0.335 e. The Morgan fingerprint density at radius 3 is 2.19 bits per heavy atom. The number of amides is 1. The maximum absolute atomic E-state index is 13.7. The third kappa shape index (κ3) is 3.18. The molecule has 0 saturated carbocycles. The maximum atomic E-state index is 13.7. The van der Waals surface area contributed by atoms with Gasteiger partial charge in [-0.05, 0) is 19.1 Å². The Hall–Kier alpha value is -2.03. The summed E-state index contributed by atoms with van der Waals surface area (Å²) in [7, 11) is -1.95. The molecule has 0 aliphatic carbocycles. The van der Waals surface area contributed by atoms with Crippen LogP contribution in [0.15, 0.2) is 17.0 Å². The predicted octanol–water partition coefficient (Wildman–Crippen LogP) is 0.913. The Morgan fingerprint density at radius 1 is 1.24 bits per heavy atom. The molecule has 0 spiro atoms. The molecular weight excluding hydrogens is 308 g/mol. The van der Waals surface area contributed by atoms with E-state index in [-0.39, 0.29) is 0 Å². The van der Waals surface area contributed by atoms with Gasteiger partial charge >= 0.3 is 5.97 Å². The van der Waals surface area contributed by atoms with Crippen molar-refractivity contribution in [3.8, 4) is 0 Å². The van der Waals surface area contributed by atoms with E-state index in [1.807, 2.05) is 0 Å². The number of nitrogens with zero attached hydrogens (tertiary/aromatic N) is 1. The van der Waals surface area contributed by atoms with E-state index < -0.39 is 49.1 Å². The van der Waals surface area contributed by atoms with E-state index in [4.69, 9.17) is 5.11 Å². The number of carboxylic acid groups (broad SMARTS) is 1. The molecule has 0 aliphatic heterocycles. The molecule has 0 bridgehead atoms. The Morgan fingerprint density at radius 2 is 1.76 bits per heavy atom. The van der Waals surface area contributed by atoms with Gasteiger partial charge in [0.05, 0.1) is 5.56 Å². The van der Waals surface area contributed by atoms with E-state index in [1.54, 1.807) is 0 Å². The molecule has 0 aromatic heterocycles. The van der Waals surface area contributed by atoms with Crippen molar-refractivity contribution in [1.82, 2.24) is 4.90 Å². The van der Waals surface area contributed by atoms with E-state index in [9.17, 15) is 26.8 Å². The third-order valence-electron chi connectivity index (χ3n) is 2.80. The summed E-state index contributed by atoms with van der Waals surface area (Å²) in [6, 6.07) is 0.866. The first kappa shape index (κ1) is 17.0. The molecule has 1 atom stereocenters. The van der Waals surface area contributed by atoms with Gasteiger partial charge in [-0.15, -0.1) is 0 Å². The summed E-state index contributed by atoms with van der Waals surface area (Å²) in [5, 5.41) is 7.09. The van der Waals surface area contributed by atoms with Crippen molar-refractivity contribution in [1.29, 1.82) is 0 Å². The molecule has 1 rings (SSSR count). The quantitative estimate of drug-likeness (QED) is 0.890. The second-order valence-corrected chi connectivity index (χ2v) is 6.73. The molecule has 0 saturated heterocycles. The standard InChI is InChI=1S/C12H13F2NO5S/c1-6(11(16)15(2)3)21(19,20)9-5-7(12(17)18)4-8(13)10(9)14/h4-6H,1-3H3,(H,17,18). The number of benzene rings is 1. The molecule has 116 valence electrons. The van der Waals surface area contributed by atoms with Crippen molar-refractivity contribution >= 4 is 21.7 Å². The van der Waals surface area contributed by atoms with Gasteiger partial charge in [0.15, 0.2) is 21.5 Å². The number of hydrogen-bond donors (Lipinski definition) is 1. The van der Waals surface area contributed by atoms with Crippen LogP contribution in [0.5, 0.6) is 0 Å². The fraction of sp³-hybridized carbons (Fsp3) is 0.333. The molecule has 21 heavy (non-hydrogen) atoms. The number of aromatic carboxylic acids is 1. The fourth-order valence-electron chi connectivity index (χ4n) is 1.58. The lowest BCUT2D eigenvalue weighted by Gasteiger charge is -2.18. The minimum Gasteiger partial charge on any atom is -0.478 e. The number of carbonyl (C=O) groups is 2. The minimum absolute atomic E-state index is 0.370. The Labute approximate surface area is 119 Å². The van der Waals surface area contributed by atoms with Crippen LogP contribution < -0.4 is 0 Å². The lowest BCUT2D eigenvalue weighted by molar-refractivity contribution is -0.127. The number of hydrogen-bond acceptors (Lipinski definition) is 4. The molecule has 1 unspecified atom stereocenters. The van der Waals surface area contributed by atoms with Crippen molar-refractivity contribution in [3.63, 3.8) is 0 Å². The summed E-state index contributed by atoms with van der Waals surface area (Å²) in [5.74, 6) is -5.77. The molecular formula is C12H13F2NO5S. The lowest BCUT2D eigenvalue weighted by Crippen LogP contribution is -2.37. The monoisotopic (exact) mass is 321 g/mol. The van der Waals surface area contributed by atoms with Crippen LogP contribution in [0.2, 0.25) is 0 Å². The van der Waals surface area contributed by atoms with Crippen molar-refractivity contribution in [2.75, 3.05) is 14.1 Å². The number of rotatable bonds is 4. The van der Waals surface area contributed by atoms with Crippen LogP contribution in [0.25, 0.3) is 0 Å². The van der Waals surface area contributed by atoms with Gasteiger partial charge in [-0.25, -0.2) is 22.0 Å². The summed E-state index contributed by atoms with van der Waals surface area (Å²) in [5.41, 5.74) is -0.725. The van der Waals surface area contributed by atoms with Crippen molar-refractivity contribution in [2.24, 2.45) is 0 Å². The van der Waals surface area contributed by atoms with Crippen molar-refractivity contribution in [2.45, 2.75) is 17.1 Å². The second kappa shape index (κ2) is 5.76. The zero-order valence-corrected chi connectivity index (χ0v) is 12.2. The van der Waals surface area contributed by atoms with Crippen LogP contribution in [-0.4, -0.2) is 49.6 Å². The van der Waals surface area contributed by atoms with Gasteiger partial charge in [0, 0.05) is 14.1 Å². The lowest BCUT2D eigenvalue weighted by atomic mass is 10.2. The summed E-state index contributed by atoms with van der Waals surface area (Å²) in [6.07, 6.45) is 0. The first-order valence-corrected chi connectivity index (χ1v) is 7.22. The summed E-state index contributed by atoms with van der Waals surface area (Å²) in [6.45, 7) is 1.02. The highest BCUT2D eigenvalue weighted by molar-refractivity contribution is 7.92. The van der Waals surface area contributed by atoms with Crippen LogP contribution >= 0.6 is 0 Å². The van der Waals surface area contributed by atoms with Crippen molar-refractivity contribution in [3.05, 3.63) is 29.3 Å². The van der Waals surface area contributed by atoms with E-state index in [1.165, 1.54) is 14.1 Å². The average molecular weight is 321 g/mol. The fourth-order valence-corrected chi connectivity index (χ4v) is 3.08. The molecule has 1 N–H and O–H groups in total. The third-order valence-corrected chi connectivity index (χ3v) is 4.84. The molecule has 0 fully saturated rings. The Kier molecular flexibility index (Phi) is 4.67. The van der Waals surface area contributed by atoms with E-state index >= 15 is 0 Å². The summed E-state index contributed by atoms with van der Waals surface area (Å²) >= 11 is 0. The topological polar surface area (TPSA) is 91.8 Å². The minimum atomic E-state index is -4.56. The molecule has 0 radical (unpaired) electrons. The van der Waals surface area contributed by atoms with Crippen LogP contribution in [0.1, 0.15) is 17.3 Å². The predicted molar refractivity (Wildman–Crippen MR) is 68.7 cm³/mol. The first-order chi connectivity index (χ1) is 9.50. The van der Waals surface area contributed by atoms with Crippen LogP contribution in [-0.2, 0) is 14.6 Å². The van der Waals surface area contributed by atoms with Crippen LogP contribution in [0, 0.1) is 11.6 Å². The van der Waals surface area contributed by atoms with E-state index in [0.29, 0.717) is 12.1 Å². The van der Waals surface area contributed by atoms with Gasteiger partial charge in [-0.1, -0.05) is 0 Å². The molecule has 6 nitrogen and oxygen atoms in total. The largest absolute Gasteiger partial charge is 0.478 e. The van der Waals surface area contributed by atoms with Crippen LogP contribution in [0.4, 0.5) is 8.78 Å². The summed E-state index contributed by atoms with van der Waals surface area (Å²) < 4.78 is 51.4. The first-order valence-electron chi connectivity index (χ1n) is 5.67. The number of carbonyl (C=O) groups excluding carboxylic acids is 1. The van der Waals surface area contributed by atoms with Gasteiger partial charge in [0.1, 0.15) is 10.1 Å². The zero-order chi connectivity index (χ0) is 16.5. The highest BCUT2D eigenvalue weighted by Crippen LogP contribution is 2.24. The highest BCUT2D eigenvalue weighted by Gasteiger charge is 2.34. The number of carboxylic acids is 1. The van der Waals surface area contributed by atoms with Gasteiger partial charge in [-0.3, -0.25) is 4.79 Å². The van der Waals surface area contributed by atoms with E-state index in [0.717, 1.165) is 11.8 Å². The van der Waals surface area contributed by atoms with Crippen molar-refractivity contribution < 1.29 is 31.9 Å². The zero-order valence-electron chi connectivity index (χ0n) is 11.4. The molecule has 0 aliphatic rings. The maximum Gasteiger partial charge on any atom is 0.335 e. The normalized spacial score (nSPS) is 12.8. The molecule has 1 amide bonds. The molecule has 9 heteroatoms.